The molecule has 2 aliphatic rings. The lowest BCUT2D eigenvalue weighted by atomic mass is 10.0. The molecule has 0 radical (unpaired) electrons. The Morgan fingerprint density at radius 3 is 2.41 bits per heavy atom. The molecule has 0 spiro atoms. The van der Waals surface area contributed by atoms with Gasteiger partial charge >= 0.3 is 0 Å². The lowest BCUT2D eigenvalue weighted by Gasteiger charge is -2.04. The average Bonchev–Trinajstić information content (AvgIpc) is 3.52. The molecule has 154 valence electrons. The molecule has 29 heavy (non-hydrogen) atoms. The molecule has 1 fully saturated rings. The standard InChI is InChI=1S/C13H14.C11H12.C5H12/c1-9-5-6-10-3-2-4-11-8-13(11)12(10)7-9;1-3-10(4-2)11-8-6-5-7-9-11;1-4-5(2)3/h2-3,5-7,11,13H,4,8H2,1H3;3-9H,1H2,2H3;5H,4H2,1-3H3/b;10-4+;. The van der Waals surface area contributed by atoms with Gasteiger partial charge in [-0.15, -0.1) is 0 Å². The van der Waals surface area contributed by atoms with Gasteiger partial charge in [0.05, 0.1) is 0 Å². The Morgan fingerprint density at radius 2 is 1.83 bits per heavy atom. The summed E-state index contributed by atoms with van der Waals surface area (Å²) in [6.45, 7) is 14.6. The summed E-state index contributed by atoms with van der Waals surface area (Å²) in [6.07, 6.45) is 12.6. The van der Waals surface area contributed by atoms with E-state index >= 15 is 0 Å². The SMILES string of the molecule is C=C/C(=C\C)c1ccccc1.CCC(C)C.Cc1ccc2c(c1)C1CC1CC=C2. The van der Waals surface area contributed by atoms with Crippen molar-refractivity contribution in [3.8, 4) is 0 Å². The lowest BCUT2D eigenvalue weighted by Crippen LogP contribution is -1.87. The predicted molar refractivity (Wildman–Crippen MR) is 131 cm³/mol. The van der Waals surface area contributed by atoms with Crippen LogP contribution in [0.2, 0.25) is 0 Å². The quantitative estimate of drug-likeness (QED) is 0.462. The first-order valence-corrected chi connectivity index (χ1v) is 11.1. The fraction of sp³-hybridized carbons (Fsp3) is 0.379. The van der Waals surface area contributed by atoms with Gasteiger partial charge in [-0.1, -0.05) is 112 Å². The molecule has 0 bridgehead atoms. The van der Waals surface area contributed by atoms with Crippen LogP contribution in [0, 0.1) is 18.8 Å². The minimum Gasteiger partial charge on any atom is -0.0985 e. The number of allylic oxidation sites excluding steroid dienone is 4. The van der Waals surface area contributed by atoms with Crippen molar-refractivity contribution in [1.29, 1.82) is 0 Å². The number of hydrogen-bond donors (Lipinski definition) is 0. The Hall–Kier alpha value is -2.34. The van der Waals surface area contributed by atoms with Gasteiger partial charge in [-0.2, -0.15) is 0 Å². The zero-order valence-corrected chi connectivity index (χ0v) is 19.0. The van der Waals surface area contributed by atoms with Crippen LogP contribution in [0.4, 0.5) is 0 Å². The normalized spacial score (nSPS) is 18.9. The molecule has 0 amide bonds. The van der Waals surface area contributed by atoms with Gasteiger partial charge in [-0.3, -0.25) is 0 Å². The van der Waals surface area contributed by atoms with Crippen LogP contribution in [0.5, 0.6) is 0 Å². The molecule has 0 nitrogen and oxygen atoms in total. The molecule has 1 saturated carbocycles. The van der Waals surface area contributed by atoms with Gasteiger partial charge in [0.2, 0.25) is 0 Å². The minimum atomic E-state index is 0.880. The summed E-state index contributed by atoms with van der Waals surface area (Å²) in [6, 6.07) is 17.1. The highest BCUT2D eigenvalue weighted by atomic mass is 14.4. The second kappa shape index (κ2) is 11.6. The zero-order valence-electron chi connectivity index (χ0n) is 19.0. The highest BCUT2D eigenvalue weighted by molar-refractivity contribution is 5.72. The van der Waals surface area contributed by atoms with E-state index in [1.54, 1.807) is 5.56 Å². The zero-order chi connectivity index (χ0) is 21.2. The van der Waals surface area contributed by atoms with E-state index in [0.717, 1.165) is 17.8 Å². The smallest absolute Gasteiger partial charge is 0.0121 e. The third-order valence-corrected chi connectivity index (χ3v) is 5.76. The van der Waals surface area contributed by atoms with E-state index in [1.807, 2.05) is 31.2 Å². The maximum absolute atomic E-state index is 3.74. The summed E-state index contributed by atoms with van der Waals surface area (Å²) < 4.78 is 0. The first-order valence-electron chi connectivity index (χ1n) is 11.1. The van der Waals surface area contributed by atoms with Crippen molar-refractivity contribution in [2.24, 2.45) is 11.8 Å². The monoisotopic (exact) mass is 386 g/mol. The van der Waals surface area contributed by atoms with E-state index in [9.17, 15) is 0 Å². The first-order chi connectivity index (χ1) is 14.0. The van der Waals surface area contributed by atoms with Crippen molar-refractivity contribution in [1.82, 2.24) is 0 Å². The van der Waals surface area contributed by atoms with Crippen molar-refractivity contribution in [2.75, 3.05) is 0 Å². The molecule has 0 heterocycles. The third kappa shape index (κ3) is 7.20. The van der Waals surface area contributed by atoms with E-state index in [4.69, 9.17) is 0 Å². The highest BCUT2D eigenvalue weighted by Gasteiger charge is 2.39. The van der Waals surface area contributed by atoms with Crippen molar-refractivity contribution in [3.63, 3.8) is 0 Å². The second-order valence-electron chi connectivity index (χ2n) is 8.49. The van der Waals surface area contributed by atoms with E-state index < -0.39 is 0 Å². The number of benzene rings is 2. The molecule has 2 aromatic rings. The van der Waals surface area contributed by atoms with Gasteiger partial charge in [0.15, 0.2) is 0 Å². The molecule has 2 aromatic carbocycles. The molecule has 4 rings (SSSR count). The Bertz CT molecular complexity index is 820. The van der Waals surface area contributed by atoms with Crippen LogP contribution in [-0.4, -0.2) is 0 Å². The second-order valence-corrected chi connectivity index (χ2v) is 8.49. The Labute approximate surface area is 179 Å². The lowest BCUT2D eigenvalue weighted by molar-refractivity contribution is 0.626. The van der Waals surface area contributed by atoms with Gasteiger partial charge < -0.3 is 0 Å². The van der Waals surface area contributed by atoms with Gasteiger partial charge in [0, 0.05) is 0 Å². The molecule has 0 aliphatic heterocycles. The Balaban J connectivity index is 0.000000172. The van der Waals surface area contributed by atoms with Crippen LogP contribution < -0.4 is 0 Å². The summed E-state index contributed by atoms with van der Waals surface area (Å²) in [7, 11) is 0. The van der Waals surface area contributed by atoms with E-state index in [1.165, 1.54) is 41.5 Å². The molecule has 0 N–H and O–H groups in total. The summed E-state index contributed by atoms with van der Waals surface area (Å²) >= 11 is 0. The molecule has 2 atom stereocenters. The predicted octanol–water partition coefficient (Wildman–Crippen LogP) is 8.84. The van der Waals surface area contributed by atoms with Crippen LogP contribution >= 0.6 is 0 Å². The van der Waals surface area contributed by atoms with Crippen molar-refractivity contribution < 1.29 is 0 Å². The van der Waals surface area contributed by atoms with E-state index in [-0.39, 0.29) is 0 Å². The molecule has 0 aromatic heterocycles. The first kappa shape index (κ1) is 22.9. The molecule has 0 heteroatoms. The average molecular weight is 387 g/mol. The van der Waals surface area contributed by atoms with Crippen molar-refractivity contribution in [2.45, 2.75) is 59.8 Å². The summed E-state index contributed by atoms with van der Waals surface area (Å²) in [4.78, 5) is 0. The fourth-order valence-corrected chi connectivity index (χ4v) is 3.46. The van der Waals surface area contributed by atoms with Crippen LogP contribution in [0.25, 0.3) is 11.6 Å². The number of hydrogen-bond acceptors (Lipinski definition) is 0. The molecular formula is C29H38. The number of rotatable bonds is 3. The topological polar surface area (TPSA) is 0 Å². The minimum absolute atomic E-state index is 0.880. The van der Waals surface area contributed by atoms with Gasteiger partial charge in [-0.25, -0.2) is 0 Å². The van der Waals surface area contributed by atoms with Gasteiger partial charge in [0.1, 0.15) is 0 Å². The Kier molecular flexibility index (Phi) is 9.19. The van der Waals surface area contributed by atoms with E-state index in [0.29, 0.717) is 0 Å². The molecule has 2 unspecified atom stereocenters. The number of aryl methyl sites for hydroxylation is 1. The molecular weight excluding hydrogens is 348 g/mol. The van der Waals surface area contributed by atoms with Gasteiger partial charge in [-0.05, 0) is 66.7 Å². The fourth-order valence-electron chi connectivity index (χ4n) is 3.46. The Morgan fingerprint density at radius 1 is 1.14 bits per heavy atom. The van der Waals surface area contributed by atoms with Crippen LogP contribution in [-0.2, 0) is 0 Å². The maximum atomic E-state index is 3.74. The molecule has 2 aliphatic carbocycles. The van der Waals surface area contributed by atoms with Gasteiger partial charge in [0.25, 0.3) is 0 Å². The number of fused-ring (bicyclic) bond motifs is 3. The van der Waals surface area contributed by atoms with Crippen molar-refractivity contribution >= 4 is 11.6 Å². The summed E-state index contributed by atoms with van der Waals surface area (Å²) in [5.74, 6) is 2.72. The van der Waals surface area contributed by atoms with Crippen molar-refractivity contribution in [3.05, 3.63) is 95.6 Å². The van der Waals surface area contributed by atoms with E-state index in [2.05, 4.69) is 82.8 Å². The van der Waals surface area contributed by atoms with Crippen LogP contribution in [0.1, 0.15) is 75.1 Å². The van der Waals surface area contributed by atoms with Crippen LogP contribution in [0.15, 0.2) is 73.3 Å². The largest absolute Gasteiger partial charge is 0.0985 e. The summed E-state index contributed by atoms with van der Waals surface area (Å²) in [5.41, 5.74) is 6.87. The highest BCUT2D eigenvalue weighted by Crippen LogP contribution is 2.52. The maximum Gasteiger partial charge on any atom is -0.0121 e. The molecule has 0 saturated heterocycles. The van der Waals surface area contributed by atoms with Crippen LogP contribution in [0.3, 0.4) is 0 Å². The summed E-state index contributed by atoms with van der Waals surface area (Å²) in [5, 5.41) is 0. The third-order valence-electron chi connectivity index (χ3n) is 5.76.